The first-order valence-corrected chi connectivity index (χ1v) is 5.81. The molecule has 7 heteroatoms. The number of rotatable bonds is 7. The van der Waals surface area contributed by atoms with E-state index in [0.717, 1.165) is 6.61 Å². The second kappa shape index (κ2) is 5.63. The number of amides is 1. The van der Waals surface area contributed by atoms with E-state index in [9.17, 15) is 9.59 Å². The molecule has 1 heterocycles. The number of H-pyrrole nitrogens is 1. The number of nitrogens with zero attached hydrogens (tertiary/aromatic N) is 1. The van der Waals surface area contributed by atoms with Crippen LogP contribution in [0.3, 0.4) is 0 Å². The van der Waals surface area contributed by atoms with Crippen molar-refractivity contribution in [2.24, 2.45) is 5.92 Å². The normalized spacial score (nSPS) is 14.4. The summed E-state index contributed by atoms with van der Waals surface area (Å²) >= 11 is 0. The van der Waals surface area contributed by atoms with Gasteiger partial charge in [-0.2, -0.15) is 0 Å². The molecule has 0 aromatic carbocycles. The number of hydrogen-bond acceptors (Lipinski definition) is 4. The molecule has 0 atom stereocenters. The van der Waals surface area contributed by atoms with Crippen molar-refractivity contribution < 1.29 is 19.4 Å². The van der Waals surface area contributed by atoms with Gasteiger partial charge in [0.2, 0.25) is 0 Å². The van der Waals surface area contributed by atoms with Crippen molar-refractivity contribution in [3.63, 3.8) is 0 Å². The van der Waals surface area contributed by atoms with Crippen molar-refractivity contribution in [3.8, 4) is 0 Å². The molecule has 98 valence electrons. The minimum atomic E-state index is -1.21. The maximum atomic E-state index is 11.6. The van der Waals surface area contributed by atoms with Gasteiger partial charge in [0.1, 0.15) is 0 Å². The van der Waals surface area contributed by atoms with Crippen LogP contribution < -0.4 is 5.32 Å². The van der Waals surface area contributed by atoms with Crippen LogP contribution in [0.2, 0.25) is 0 Å². The number of carboxylic acids is 1. The predicted octanol–water partition coefficient (Wildman–Crippen LogP) is 0.264. The van der Waals surface area contributed by atoms with E-state index >= 15 is 0 Å². The SMILES string of the molecule is O=C(NCCOCC1CC1)c1nc[nH]c1C(=O)O. The monoisotopic (exact) mass is 253 g/mol. The van der Waals surface area contributed by atoms with E-state index < -0.39 is 11.9 Å². The molecular weight excluding hydrogens is 238 g/mol. The lowest BCUT2D eigenvalue weighted by atomic mass is 10.3. The Balaban J connectivity index is 1.72. The Hall–Kier alpha value is -1.89. The predicted molar refractivity (Wildman–Crippen MR) is 61.4 cm³/mol. The molecule has 3 N–H and O–H groups in total. The van der Waals surface area contributed by atoms with Crippen LogP contribution in [0.25, 0.3) is 0 Å². The van der Waals surface area contributed by atoms with Crippen LogP contribution in [0, 0.1) is 5.92 Å². The van der Waals surface area contributed by atoms with Gasteiger partial charge < -0.3 is 20.1 Å². The quantitative estimate of drug-likeness (QED) is 0.605. The van der Waals surface area contributed by atoms with Gasteiger partial charge in [-0.3, -0.25) is 4.79 Å². The van der Waals surface area contributed by atoms with Gasteiger partial charge in [-0.15, -0.1) is 0 Å². The third kappa shape index (κ3) is 3.30. The van der Waals surface area contributed by atoms with Crippen LogP contribution in [0.4, 0.5) is 0 Å². The Bertz CT molecular complexity index is 439. The van der Waals surface area contributed by atoms with Crippen molar-refractivity contribution in [1.82, 2.24) is 15.3 Å². The first kappa shape index (κ1) is 12.6. The molecule has 1 aliphatic rings. The topological polar surface area (TPSA) is 104 Å². The van der Waals surface area contributed by atoms with Gasteiger partial charge in [0.15, 0.2) is 11.4 Å². The van der Waals surface area contributed by atoms with Gasteiger partial charge in [0.25, 0.3) is 5.91 Å². The van der Waals surface area contributed by atoms with Crippen molar-refractivity contribution >= 4 is 11.9 Å². The summed E-state index contributed by atoms with van der Waals surface area (Å²) in [5.41, 5.74) is -0.309. The number of carbonyl (C=O) groups excluding carboxylic acids is 1. The molecule has 0 unspecified atom stereocenters. The molecule has 1 amide bonds. The van der Waals surface area contributed by atoms with Crippen molar-refractivity contribution in [3.05, 3.63) is 17.7 Å². The van der Waals surface area contributed by atoms with Crippen LogP contribution in [-0.4, -0.2) is 46.7 Å². The van der Waals surface area contributed by atoms with Crippen LogP contribution in [-0.2, 0) is 4.74 Å². The molecule has 0 radical (unpaired) electrons. The highest BCUT2D eigenvalue weighted by atomic mass is 16.5. The number of hydrogen-bond donors (Lipinski definition) is 3. The largest absolute Gasteiger partial charge is 0.477 e. The molecular formula is C11H15N3O4. The van der Waals surface area contributed by atoms with Crippen LogP contribution in [0.15, 0.2) is 6.33 Å². The number of carboxylic acid groups (broad SMARTS) is 1. The zero-order valence-electron chi connectivity index (χ0n) is 9.81. The van der Waals surface area contributed by atoms with E-state index in [1.54, 1.807) is 0 Å². The third-order valence-corrected chi connectivity index (χ3v) is 2.65. The second-order valence-electron chi connectivity index (χ2n) is 4.21. The standard InChI is InChI=1S/C11H15N3O4/c15-10(8-9(11(16)17)14-6-13-8)12-3-4-18-5-7-1-2-7/h6-7H,1-5H2,(H,12,15)(H,13,14)(H,16,17). The van der Waals surface area contributed by atoms with Crippen LogP contribution in [0.1, 0.15) is 33.8 Å². The van der Waals surface area contributed by atoms with Gasteiger partial charge in [-0.25, -0.2) is 9.78 Å². The number of nitrogens with one attached hydrogen (secondary N) is 2. The highest BCUT2D eigenvalue weighted by Crippen LogP contribution is 2.28. The fraction of sp³-hybridized carbons (Fsp3) is 0.545. The van der Waals surface area contributed by atoms with Gasteiger partial charge in [0.05, 0.1) is 12.9 Å². The maximum absolute atomic E-state index is 11.6. The summed E-state index contributed by atoms with van der Waals surface area (Å²) < 4.78 is 5.34. The lowest BCUT2D eigenvalue weighted by Crippen LogP contribution is -2.29. The zero-order valence-corrected chi connectivity index (χ0v) is 9.81. The summed E-state index contributed by atoms with van der Waals surface area (Å²) in [7, 11) is 0. The van der Waals surface area contributed by atoms with Crippen LogP contribution in [0.5, 0.6) is 0 Å². The highest BCUT2D eigenvalue weighted by Gasteiger charge is 2.21. The molecule has 1 aromatic rings. The number of aromatic carboxylic acids is 1. The van der Waals surface area contributed by atoms with Gasteiger partial charge in [-0.1, -0.05) is 0 Å². The lowest BCUT2D eigenvalue weighted by molar-refractivity contribution is 0.0684. The van der Waals surface area contributed by atoms with E-state index in [-0.39, 0.29) is 11.4 Å². The van der Waals surface area contributed by atoms with Crippen molar-refractivity contribution in [2.45, 2.75) is 12.8 Å². The molecule has 7 nitrogen and oxygen atoms in total. The average molecular weight is 253 g/mol. The molecule has 0 aliphatic heterocycles. The average Bonchev–Trinajstić information content (AvgIpc) is 3.02. The van der Waals surface area contributed by atoms with Crippen molar-refractivity contribution in [2.75, 3.05) is 19.8 Å². The summed E-state index contributed by atoms with van der Waals surface area (Å²) in [5.74, 6) is -1.03. The first-order valence-electron chi connectivity index (χ1n) is 5.81. The van der Waals surface area contributed by atoms with E-state index in [4.69, 9.17) is 9.84 Å². The fourth-order valence-electron chi connectivity index (χ4n) is 1.48. The van der Waals surface area contributed by atoms with E-state index in [2.05, 4.69) is 15.3 Å². The van der Waals surface area contributed by atoms with E-state index in [1.165, 1.54) is 19.2 Å². The number of carbonyl (C=O) groups is 2. The van der Waals surface area contributed by atoms with Crippen LogP contribution >= 0.6 is 0 Å². The Morgan fingerprint density at radius 1 is 1.56 bits per heavy atom. The summed E-state index contributed by atoms with van der Waals surface area (Å²) in [6, 6.07) is 0. The van der Waals surface area contributed by atoms with Crippen molar-refractivity contribution in [1.29, 1.82) is 0 Å². The molecule has 1 aromatic heterocycles. The summed E-state index contributed by atoms with van der Waals surface area (Å²) in [4.78, 5) is 28.5. The third-order valence-electron chi connectivity index (χ3n) is 2.65. The Morgan fingerprint density at radius 3 is 3.00 bits per heavy atom. The van der Waals surface area contributed by atoms with Gasteiger partial charge in [-0.05, 0) is 18.8 Å². The molecule has 18 heavy (non-hydrogen) atoms. The molecule has 0 saturated heterocycles. The maximum Gasteiger partial charge on any atom is 0.354 e. The summed E-state index contributed by atoms with van der Waals surface area (Å²) in [6.45, 7) is 1.51. The Kier molecular flexibility index (Phi) is 3.93. The zero-order chi connectivity index (χ0) is 13.0. The summed E-state index contributed by atoms with van der Waals surface area (Å²) in [6.07, 6.45) is 3.63. The summed E-state index contributed by atoms with van der Waals surface area (Å²) in [5, 5.41) is 11.4. The van der Waals surface area contributed by atoms with E-state index in [1.807, 2.05) is 0 Å². The Morgan fingerprint density at radius 2 is 2.33 bits per heavy atom. The smallest absolute Gasteiger partial charge is 0.354 e. The van der Waals surface area contributed by atoms with Gasteiger partial charge in [0, 0.05) is 13.2 Å². The number of aromatic nitrogens is 2. The molecule has 1 fully saturated rings. The number of imidazole rings is 1. The lowest BCUT2D eigenvalue weighted by Gasteiger charge is -2.05. The highest BCUT2D eigenvalue weighted by molar-refractivity contribution is 6.02. The molecule has 1 saturated carbocycles. The number of ether oxygens (including phenoxy) is 1. The first-order chi connectivity index (χ1) is 8.68. The molecule has 0 bridgehead atoms. The second-order valence-corrected chi connectivity index (χ2v) is 4.21. The Labute approximate surface area is 104 Å². The van der Waals surface area contributed by atoms with E-state index in [0.29, 0.717) is 19.1 Å². The fourth-order valence-corrected chi connectivity index (χ4v) is 1.48. The van der Waals surface area contributed by atoms with Gasteiger partial charge >= 0.3 is 5.97 Å². The molecule has 0 spiro atoms. The molecule has 2 rings (SSSR count). The number of aromatic amines is 1. The minimum absolute atomic E-state index is 0.107. The minimum Gasteiger partial charge on any atom is -0.477 e. The molecule has 1 aliphatic carbocycles.